The van der Waals surface area contributed by atoms with Gasteiger partial charge in [-0.05, 0) is 24.2 Å². The molecule has 0 spiro atoms. The fraction of sp³-hybridized carbons (Fsp3) is 0.833. The van der Waals surface area contributed by atoms with Crippen LogP contribution >= 0.6 is 0 Å². The van der Waals surface area contributed by atoms with Gasteiger partial charge in [-0.1, -0.05) is 20.8 Å². The predicted octanol–water partition coefficient (Wildman–Crippen LogP) is 1.80. The largest absolute Gasteiger partial charge is 0.468 e. The van der Waals surface area contributed by atoms with Crippen molar-refractivity contribution in [2.24, 2.45) is 22.7 Å². The van der Waals surface area contributed by atoms with Crippen molar-refractivity contribution in [1.82, 2.24) is 0 Å². The third kappa shape index (κ3) is 1.01. The van der Waals surface area contributed by atoms with E-state index in [1.165, 1.54) is 7.11 Å². The zero-order valence-corrected chi connectivity index (χ0v) is 9.79. The van der Waals surface area contributed by atoms with Gasteiger partial charge in [-0.25, -0.2) is 0 Å². The van der Waals surface area contributed by atoms with Gasteiger partial charge >= 0.3 is 5.97 Å². The number of hydrogen-bond donors (Lipinski definition) is 0. The molecule has 0 radical (unpaired) electrons. The number of carbonyl (C=O) groups is 2. The van der Waals surface area contributed by atoms with Crippen molar-refractivity contribution >= 4 is 11.8 Å². The molecule has 84 valence electrons. The highest BCUT2D eigenvalue weighted by Crippen LogP contribution is 2.65. The highest BCUT2D eigenvalue weighted by molar-refractivity contribution is 6.05. The molecule has 0 heterocycles. The van der Waals surface area contributed by atoms with Crippen LogP contribution in [0.4, 0.5) is 0 Å². The highest BCUT2D eigenvalue weighted by atomic mass is 16.5. The second-order valence-corrected chi connectivity index (χ2v) is 5.56. The molecule has 3 nitrogen and oxygen atoms in total. The molecule has 2 saturated carbocycles. The lowest BCUT2D eigenvalue weighted by Crippen LogP contribution is -2.35. The Hall–Kier alpha value is -0.860. The molecular weight excluding hydrogens is 192 g/mol. The van der Waals surface area contributed by atoms with Crippen LogP contribution in [0.3, 0.4) is 0 Å². The number of fused-ring (bicyclic) bond motifs is 2. The van der Waals surface area contributed by atoms with E-state index < -0.39 is 5.92 Å². The van der Waals surface area contributed by atoms with Gasteiger partial charge in [0, 0.05) is 5.41 Å². The van der Waals surface area contributed by atoms with Gasteiger partial charge in [0.15, 0.2) is 5.78 Å². The number of hydrogen-bond acceptors (Lipinski definition) is 3. The van der Waals surface area contributed by atoms with Crippen molar-refractivity contribution in [3.8, 4) is 0 Å². The van der Waals surface area contributed by atoms with Crippen molar-refractivity contribution in [2.45, 2.75) is 33.6 Å². The molecule has 3 heteroatoms. The van der Waals surface area contributed by atoms with Crippen molar-refractivity contribution < 1.29 is 14.3 Å². The normalized spacial score (nSPS) is 42.0. The lowest BCUT2D eigenvalue weighted by molar-refractivity contribution is -0.152. The molecule has 0 aromatic heterocycles. The van der Waals surface area contributed by atoms with Crippen LogP contribution in [0.1, 0.15) is 33.6 Å². The van der Waals surface area contributed by atoms with Gasteiger partial charge in [-0.2, -0.15) is 0 Å². The molecule has 2 aliphatic rings. The number of Topliss-reactive ketones (excluding diaryl/α,β-unsaturated/α-hetero) is 1. The maximum absolute atomic E-state index is 12.2. The van der Waals surface area contributed by atoms with Crippen molar-refractivity contribution in [3.05, 3.63) is 0 Å². The minimum absolute atomic E-state index is 0.0665. The van der Waals surface area contributed by atoms with Gasteiger partial charge in [0.2, 0.25) is 0 Å². The lowest BCUT2D eigenvalue weighted by atomic mass is 9.70. The molecule has 3 atom stereocenters. The average Bonchev–Trinajstić information content (AvgIpc) is 2.48. The first-order valence-corrected chi connectivity index (χ1v) is 5.48. The van der Waals surface area contributed by atoms with Crippen LogP contribution in [0.5, 0.6) is 0 Å². The average molecular weight is 210 g/mol. The van der Waals surface area contributed by atoms with E-state index in [1.807, 2.05) is 6.92 Å². The molecule has 0 N–H and O–H groups in total. The summed E-state index contributed by atoms with van der Waals surface area (Å²) in [7, 11) is 1.36. The maximum atomic E-state index is 12.2. The Morgan fingerprint density at radius 3 is 2.40 bits per heavy atom. The molecule has 2 aliphatic carbocycles. The Labute approximate surface area is 90.2 Å². The van der Waals surface area contributed by atoms with Crippen LogP contribution in [0, 0.1) is 22.7 Å². The Morgan fingerprint density at radius 1 is 1.40 bits per heavy atom. The first kappa shape index (κ1) is 10.7. The summed E-state index contributed by atoms with van der Waals surface area (Å²) in [4.78, 5) is 23.8. The summed E-state index contributed by atoms with van der Waals surface area (Å²) >= 11 is 0. The number of methoxy groups -OCH3 is 1. The Morgan fingerprint density at radius 2 is 2.00 bits per heavy atom. The number of esters is 1. The van der Waals surface area contributed by atoms with Crippen LogP contribution < -0.4 is 0 Å². The summed E-state index contributed by atoms with van der Waals surface area (Å²) in [6.07, 6.45) is 1.88. The summed E-state index contributed by atoms with van der Waals surface area (Å²) in [5.41, 5.74) is -0.389. The molecular formula is C12H18O3. The minimum atomic E-state index is -0.510. The van der Waals surface area contributed by atoms with E-state index in [0.717, 1.165) is 12.8 Å². The number of rotatable bonds is 1. The van der Waals surface area contributed by atoms with E-state index in [4.69, 9.17) is 4.74 Å². The van der Waals surface area contributed by atoms with Gasteiger partial charge in [-0.15, -0.1) is 0 Å². The monoisotopic (exact) mass is 210 g/mol. The van der Waals surface area contributed by atoms with Crippen molar-refractivity contribution in [1.29, 1.82) is 0 Å². The zero-order valence-electron chi connectivity index (χ0n) is 9.79. The summed E-state index contributed by atoms with van der Waals surface area (Å²) in [5.74, 6) is -0.594. The summed E-state index contributed by atoms with van der Waals surface area (Å²) in [6, 6.07) is 0. The van der Waals surface area contributed by atoms with E-state index in [0.29, 0.717) is 0 Å². The standard InChI is InChI=1S/C12H18O3/c1-11(2)7-5-6-12(11,3)9(13)8(7)10(14)15-4/h7-8H,5-6H2,1-4H3/t7-,8?,12+/m1/s1. The first-order chi connectivity index (χ1) is 6.86. The van der Waals surface area contributed by atoms with Crippen LogP contribution in [0.2, 0.25) is 0 Å². The summed E-state index contributed by atoms with van der Waals surface area (Å²) < 4.78 is 4.74. The molecule has 1 unspecified atom stereocenters. The molecule has 0 aliphatic heterocycles. The third-order valence-electron chi connectivity index (χ3n) is 4.99. The Bertz CT molecular complexity index is 332. The SMILES string of the molecule is COC(=O)C1C(=O)[C@]2(C)CC[C@H]1C2(C)C. The summed E-state index contributed by atoms with van der Waals surface area (Å²) in [5, 5.41) is 0. The zero-order chi connectivity index (χ0) is 11.4. The van der Waals surface area contributed by atoms with E-state index in [9.17, 15) is 9.59 Å². The van der Waals surface area contributed by atoms with E-state index in [-0.39, 0.29) is 28.5 Å². The molecule has 2 fully saturated rings. The number of carbonyl (C=O) groups excluding carboxylic acids is 2. The fourth-order valence-electron chi connectivity index (χ4n) is 3.48. The minimum Gasteiger partial charge on any atom is -0.468 e. The molecule has 2 bridgehead atoms. The smallest absolute Gasteiger partial charge is 0.316 e. The number of ketones is 1. The van der Waals surface area contributed by atoms with Gasteiger partial charge in [0.1, 0.15) is 5.92 Å². The molecule has 0 aromatic carbocycles. The third-order valence-corrected chi connectivity index (χ3v) is 4.99. The summed E-state index contributed by atoms with van der Waals surface area (Å²) in [6.45, 7) is 6.20. The predicted molar refractivity (Wildman–Crippen MR) is 55.1 cm³/mol. The molecule has 0 amide bonds. The molecule has 2 rings (SSSR count). The van der Waals surface area contributed by atoms with E-state index in [2.05, 4.69) is 13.8 Å². The highest BCUT2D eigenvalue weighted by Gasteiger charge is 2.68. The number of ether oxygens (including phenoxy) is 1. The lowest BCUT2D eigenvalue weighted by Gasteiger charge is -2.32. The van der Waals surface area contributed by atoms with Crippen LogP contribution in [0.15, 0.2) is 0 Å². The molecule has 0 saturated heterocycles. The first-order valence-electron chi connectivity index (χ1n) is 5.48. The van der Waals surface area contributed by atoms with Gasteiger partial charge in [-0.3, -0.25) is 9.59 Å². The second-order valence-electron chi connectivity index (χ2n) is 5.56. The van der Waals surface area contributed by atoms with Crippen LogP contribution in [0.25, 0.3) is 0 Å². The topological polar surface area (TPSA) is 43.4 Å². The Kier molecular flexibility index (Phi) is 2.01. The van der Waals surface area contributed by atoms with Gasteiger partial charge in [0.05, 0.1) is 7.11 Å². The van der Waals surface area contributed by atoms with Crippen molar-refractivity contribution in [3.63, 3.8) is 0 Å². The quantitative estimate of drug-likeness (QED) is 0.489. The van der Waals surface area contributed by atoms with Gasteiger partial charge < -0.3 is 4.74 Å². The van der Waals surface area contributed by atoms with Crippen LogP contribution in [-0.2, 0) is 14.3 Å². The van der Waals surface area contributed by atoms with E-state index >= 15 is 0 Å². The van der Waals surface area contributed by atoms with Crippen LogP contribution in [-0.4, -0.2) is 18.9 Å². The molecule has 0 aromatic rings. The second kappa shape index (κ2) is 2.83. The van der Waals surface area contributed by atoms with Crippen molar-refractivity contribution in [2.75, 3.05) is 7.11 Å². The molecule has 15 heavy (non-hydrogen) atoms. The Balaban J connectivity index is 2.42. The van der Waals surface area contributed by atoms with E-state index in [1.54, 1.807) is 0 Å². The van der Waals surface area contributed by atoms with Gasteiger partial charge in [0.25, 0.3) is 0 Å². The maximum Gasteiger partial charge on any atom is 0.316 e. The fourth-order valence-corrected chi connectivity index (χ4v) is 3.48.